The van der Waals surface area contributed by atoms with Crippen LogP contribution in [0.1, 0.15) is 51.9 Å². The molecule has 88 valence electrons. The van der Waals surface area contributed by atoms with E-state index in [1.54, 1.807) is 0 Å². The topological polar surface area (TPSA) is 26.3 Å². The molecule has 0 saturated heterocycles. The van der Waals surface area contributed by atoms with E-state index in [1.807, 2.05) is 0 Å². The maximum atomic E-state index is 11.8. The first kappa shape index (κ1) is 13.0. The summed E-state index contributed by atoms with van der Waals surface area (Å²) in [6.45, 7) is 4.23. The van der Waals surface area contributed by atoms with Gasteiger partial charge in [-0.3, -0.25) is 4.79 Å². The molecule has 15 heavy (non-hydrogen) atoms. The number of ether oxygens (including phenoxy) is 1. The zero-order valence-corrected chi connectivity index (χ0v) is 10.9. The Bertz CT molecular complexity index is 188. The van der Waals surface area contributed by atoms with Crippen LogP contribution in [0.15, 0.2) is 0 Å². The zero-order valence-electron chi connectivity index (χ0n) is 9.92. The molecule has 2 nitrogen and oxygen atoms in total. The second-order valence-corrected chi connectivity index (χ2v) is 5.60. The Labute approximate surface area is 94.9 Å². The maximum Gasteiger partial charge on any atom is 0.313 e. The highest BCUT2D eigenvalue weighted by Crippen LogP contribution is 2.25. The van der Waals surface area contributed by atoms with E-state index in [9.17, 15) is 4.79 Å². The quantitative estimate of drug-likeness (QED) is 0.535. The van der Waals surface area contributed by atoms with Crippen molar-refractivity contribution in [1.82, 2.24) is 0 Å². The minimum absolute atomic E-state index is 0.0598. The third kappa shape index (κ3) is 4.51. The molecule has 0 spiro atoms. The van der Waals surface area contributed by atoms with Crippen molar-refractivity contribution in [3.63, 3.8) is 0 Å². The van der Waals surface area contributed by atoms with Gasteiger partial charge in [0, 0.05) is 0 Å². The normalized spacial score (nSPS) is 20.7. The minimum Gasteiger partial charge on any atom is -0.462 e. The average Bonchev–Trinajstić information content (AvgIpc) is 2.27. The largest absolute Gasteiger partial charge is 0.462 e. The van der Waals surface area contributed by atoms with Crippen molar-refractivity contribution in [2.75, 3.05) is 6.66 Å². The number of hydrogen-bond acceptors (Lipinski definition) is 2. The fraction of sp³-hybridized carbons (Fsp3) is 0.917. The molecule has 3 heteroatoms. The lowest BCUT2D eigenvalue weighted by molar-refractivity contribution is -0.150. The minimum atomic E-state index is 0.0598. The molecule has 0 heterocycles. The van der Waals surface area contributed by atoms with Gasteiger partial charge in [0.1, 0.15) is 6.10 Å². The lowest BCUT2D eigenvalue weighted by atomic mass is 9.98. The van der Waals surface area contributed by atoms with E-state index in [2.05, 4.69) is 13.6 Å². The summed E-state index contributed by atoms with van der Waals surface area (Å²) in [7, 11) is 0.683. The van der Waals surface area contributed by atoms with Gasteiger partial charge in [-0.25, -0.2) is 0 Å². The number of carbonyl (C=O) groups is 1. The Morgan fingerprint density at radius 2 is 2.07 bits per heavy atom. The Balaban J connectivity index is 2.31. The van der Waals surface area contributed by atoms with Crippen LogP contribution in [-0.2, 0) is 9.53 Å². The van der Waals surface area contributed by atoms with E-state index in [0.717, 1.165) is 25.7 Å². The molecule has 0 bridgehead atoms. The van der Waals surface area contributed by atoms with Crippen molar-refractivity contribution in [1.29, 1.82) is 0 Å². The van der Waals surface area contributed by atoms with Crippen LogP contribution < -0.4 is 0 Å². The predicted molar refractivity (Wildman–Crippen MR) is 65.9 cm³/mol. The third-order valence-electron chi connectivity index (χ3n) is 3.05. The lowest BCUT2D eigenvalue weighted by Crippen LogP contribution is -2.26. The molecule has 0 aromatic heterocycles. The molecule has 1 aliphatic carbocycles. The smallest absolute Gasteiger partial charge is 0.313 e. The molecular weight excluding hydrogens is 207 g/mol. The van der Waals surface area contributed by atoms with E-state index < -0.39 is 0 Å². The fourth-order valence-electron chi connectivity index (χ4n) is 2.10. The molecule has 0 N–H and O–H groups in total. The molecule has 1 saturated carbocycles. The fourth-order valence-corrected chi connectivity index (χ4v) is 2.98. The van der Waals surface area contributed by atoms with Crippen LogP contribution in [0.4, 0.5) is 0 Å². The van der Waals surface area contributed by atoms with Crippen LogP contribution in [0.3, 0.4) is 0 Å². The van der Waals surface area contributed by atoms with Gasteiger partial charge in [-0.1, -0.05) is 19.8 Å². The molecular formula is C12H23O2P. The summed E-state index contributed by atoms with van der Waals surface area (Å²) in [5.41, 5.74) is 0.164. The summed E-state index contributed by atoms with van der Waals surface area (Å²) < 4.78 is 5.56. The van der Waals surface area contributed by atoms with Gasteiger partial charge in [0.2, 0.25) is 0 Å². The second-order valence-electron chi connectivity index (χ2n) is 4.33. The number of carbonyl (C=O) groups excluding carboxylic acids is 1. The van der Waals surface area contributed by atoms with Crippen LogP contribution in [0, 0.1) is 0 Å². The Kier molecular flexibility index (Phi) is 6.24. The third-order valence-corrected chi connectivity index (χ3v) is 4.27. The van der Waals surface area contributed by atoms with Gasteiger partial charge in [-0.05, 0) is 38.8 Å². The van der Waals surface area contributed by atoms with Crippen molar-refractivity contribution >= 4 is 14.6 Å². The van der Waals surface area contributed by atoms with E-state index in [1.165, 1.54) is 19.3 Å². The molecule has 2 unspecified atom stereocenters. The van der Waals surface area contributed by atoms with Crippen molar-refractivity contribution in [2.24, 2.45) is 0 Å². The number of esters is 1. The lowest BCUT2D eigenvalue weighted by Gasteiger charge is -2.24. The van der Waals surface area contributed by atoms with Crippen LogP contribution >= 0.6 is 8.58 Å². The van der Waals surface area contributed by atoms with Gasteiger partial charge in [0.15, 0.2) is 0 Å². The molecule has 0 aromatic carbocycles. The van der Waals surface area contributed by atoms with Crippen molar-refractivity contribution < 1.29 is 9.53 Å². The van der Waals surface area contributed by atoms with Gasteiger partial charge in [0.05, 0.1) is 5.66 Å². The van der Waals surface area contributed by atoms with E-state index in [-0.39, 0.29) is 17.7 Å². The number of hydrogen-bond donors (Lipinski definition) is 0. The molecule has 1 rings (SSSR count). The van der Waals surface area contributed by atoms with Gasteiger partial charge < -0.3 is 4.74 Å². The van der Waals surface area contributed by atoms with Crippen LogP contribution in [0.5, 0.6) is 0 Å². The highest BCUT2D eigenvalue weighted by Gasteiger charge is 2.22. The summed E-state index contributed by atoms with van der Waals surface area (Å²) in [4.78, 5) is 11.8. The average molecular weight is 230 g/mol. The predicted octanol–water partition coefficient (Wildman–Crippen LogP) is 3.34. The first-order valence-corrected chi connectivity index (χ1v) is 7.73. The molecule has 0 aliphatic heterocycles. The van der Waals surface area contributed by atoms with Crippen molar-refractivity contribution in [3.8, 4) is 0 Å². The summed E-state index contributed by atoms with van der Waals surface area (Å²) in [5, 5.41) is 0. The molecule has 0 aromatic rings. The molecule has 1 aliphatic rings. The SMILES string of the molecule is CCCC(PC)C(=O)OC1CCCCC1. The van der Waals surface area contributed by atoms with E-state index in [0.29, 0.717) is 8.58 Å². The highest BCUT2D eigenvalue weighted by atomic mass is 31.1. The van der Waals surface area contributed by atoms with Crippen LogP contribution in [0.25, 0.3) is 0 Å². The summed E-state index contributed by atoms with van der Waals surface area (Å²) >= 11 is 0. The maximum absolute atomic E-state index is 11.8. The van der Waals surface area contributed by atoms with Crippen LogP contribution in [0.2, 0.25) is 0 Å². The van der Waals surface area contributed by atoms with E-state index >= 15 is 0 Å². The van der Waals surface area contributed by atoms with Gasteiger partial charge in [-0.15, -0.1) is 8.58 Å². The Morgan fingerprint density at radius 1 is 1.40 bits per heavy atom. The van der Waals surface area contributed by atoms with Gasteiger partial charge in [0.25, 0.3) is 0 Å². The molecule has 1 fully saturated rings. The zero-order chi connectivity index (χ0) is 11.1. The standard InChI is InChI=1S/C12H23O2P/c1-3-7-11(15-2)12(13)14-10-8-5-4-6-9-10/h10-11,15H,3-9H2,1-2H3. The van der Waals surface area contributed by atoms with Gasteiger partial charge in [-0.2, -0.15) is 0 Å². The number of rotatable bonds is 5. The van der Waals surface area contributed by atoms with Crippen LogP contribution in [-0.4, -0.2) is 24.4 Å². The summed E-state index contributed by atoms with van der Waals surface area (Å²) in [6.07, 6.45) is 8.21. The first-order valence-electron chi connectivity index (χ1n) is 6.15. The summed E-state index contributed by atoms with van der Waals surface area (Å²) in [5.74, 6) is 0.0598. The monoisotopic (exact) mass is 230 g/mol. The summed E-state index contributed by atoms with van der Waals surface area (Å²) in [6, 6.07) is 0. The molecule has 0 radical (unpaired) electrons. The van der Waals surface area contributed by atoms with Gasteiger partial charge >= 0.3 is 5.97 Å². The molecule has 2 atom stereocenters. The van der Waals surface area contributed by atoms with E-state index in [4.69, 9.17) is 4.74 Å². The molecule has 0 amide bonds. The van der Waals surface area contributed by atoms with Crippen molar-refractivity contribution in [3.05, 3.63) is 0 Å². The highest BCUT2D eigenvalue weighted by molar-refractivity contribution is 7.39. The van der Waals surface area contributed by atoms with Crippen molar-refractivity contribution in [2.45, 2.75) is 63.6 Å². The Hall–Kier alpha value is -0.100. The first-order chi connectivity index (χ1) is 7.27. The Morgan fingerprint density at radius 3 is 2.60 bits per heavy atom. The second kappa shape index (κ2) is 7.22.